The molecule has 1 aromatic carbocycles. The SMILES string of the molecule is COC(=O)CCC[C@@H](C)C[C@@H](OC(=O)[C@H](C)CCCCOCc1ccccc1)C(C)(C)C. The first kappa shape index (κ1) is 28.2. The molecule has 5 nitrogen and oxygen atoms in total. The first-order valence-electron chi connectivity index (χ1n) is 12.0. The molecule has 0 bridgehead atoms. The second-order valence-electron chi connectivity index (χ2n) is 10.0. The number of benzene rings is 1. The smallest absolute Gasteiger partial charge is 0.308 e. The molecule has 0 saturated heterocycles. The highest BCUT2D eigenvalue weighted by molar-refractivity contribution is 5.72. The maximum atomic E-state index is 12.7. The van der Waals surface area contributed by atoms with Gasteiger partial charge < -0.3 is 14.2 Å². The van der Waals surface area contributed by atoms with E-state index >= 15 is 0 Å². The molecule has 5 heteroatoms. The molecule has 0 radical (unpaired) electrons. The molecule has 32 heavy (non-hydrogen) atoms. The van der Waals surface area contributed by atoms with Crippen LogP contribution >= 0.6 is 0 Å². The van der Waals surface area contributed by atoms with Crippen LogP contribution in [0.2, 0.25) is 0 Å². The van der Waals surface area contributed by atoms with Gasteiger partial charge in [0.1, 0.15) is 6.10 Å². The van der Waals surface area contributed by atoms with Crippen LogP contribution in [0.1, 0.15) is 85.1 Å². The molecule has 0 heterocycles. The van der Waals surface area contributed by atoms with Gasteiger partial charge in [0.15, 0.2) is 0 Å². The van der Waals surface area contributed by atoms with E-state index in [-0.39, 0.29) is 29.4 Å². The number of carbonyl (C=O) groups is 2. The van der Waals surface area contributed by atoms with Crippen molar-refractivity contribution in [3.05, 3.63) is 35.9 Å². The van der Waals surface area contributed by atoms with E-state index in [4.69, 9.17) is 14.2 Å². The topological polar surface area (TPSA) is 61.8 Å². The predicted molar refractivity (Wildman–Crippen MR) is 128 cm³/mol. The summed E-state index contributed by atoms with van der Waals surface area (Å²) in [7, 11) is 1.42. The molecule has 3 atom stereocenters. The van der Waals surface area contributed by atoms with E-state index < -0.39 is 0 Å². The van der Waals surface area contributed by atoms with Gasteiger partial charge in [-0.3, -0.25) is 9.59 Å². The van der Waals surface area contributed by atoms with Gasteiger partial charge in [-0.25, -0.2) is 0 Å². The molecule has 0 fully saturated rings. The summed E-state index contributed by atoms with van der Waals surface area (Å²) in [4.78, 5) is 24.0. The van der Waals surface area contributed by atoms with Gasteiger partial charge in [0, 0.05) is 13.0 Å². The standard InChI is InChI=1S/C27H44O5/c1-21(13-12-17-25(28)30-6)19-24(27(3,4)5)32-26(29)22(2)14-10-11-18-31-20-23-15-8-7-9-16-23/h7-9,15-16,21-22,24H,10-14,17-20H2,1-6H3/t21-,22-,24-/m1/s1. The Morgan fingerprint density at radius 2 is 1.66 bits per heavy atom. The fourth-order valence-electron chi connectivity index (χ4n) is 3.55. The zero-order valence-electron chi connectivity index (χ0n) is 21.0. The van der Waals surface area contributed by atoms with Crippen molar-refractivity contribution < 1.29 is 23.8 Å². The molecule has 1 rings (SSSR count). The molecule has 182 valence electrons. The van der Waals surface area contributed by atoms with E-state index in [1.165, 1.54) is 12.7 Å². The van der Waals surface area contributed by atoms with Crippen LogP contribution < -0.4 is 0 Å². The molecular formula is C27H44O5. The minimum atomic E-state index is -0.171. The zero-order valence-corrected chi connectivity index (χ0v) is 21.0. The Balaban J connectivity index is 2.33. The van der Waals surface area contributed by atoms with Crippen LogP contribution in [0.15, 0.2) is 30.3 Å². The van der Waals surface area contributed by atoms with Crippen molar-refractivity contribution in [2.24, 2.45) is 17.3 Å². The molecule has 0 aliphatic heterocycles. The predicted octanol–water partition coefficient (Wildman–Crippen LogP) is 6.34. The van der Waals surface area contributed by atoms with Crippen molar-refractivity contribution in [3.63, 3.8) is 0 Å². The summed E-state index contributed by atoms with van der Waals surface area (Å²) in [5.41, 5.74) is 1.05. The van der Waals surface area contributed by atoms with E-state index in [1.807, 2.05) is 25.1 Å². The number of unbranched alkanes of at least 4 members (excludes halogenated alkanes) is 1. The quantitative estimate of drug-likeness (QED) is 0.231. The first-order chi connectivity index (χ1) is 15.1. The van der Waals surface area contributed by atoms with Crippen LogP contribution in [0, 0.1) is 17.3 Å². The number of hydrogen-bond acceptors (Lipinski definition) is 5. The van der Waals surface area contributed by atoms with Gasteiger partial charge in [0.05, 0.1) is 19.6 Å². The van der Waals surface area contributed by atoms with Crippen LogP contribution in [-0.2, 0) is 30.4 Å². The summed E-state index contributed by atoms with van der Waals surface area (Å²) >= 11 is 0. The molecule has 1 aromatic rings. The number of esters is 2. The highest BCUT2D eigenvalue weighted by Gasteiger charge is 2.31. The Morgan fingerprint density at radius 3 is 2.28 bits per heavy atom. The van der Waals surface area contributed by atoms with Crippen LogP contribution in [0.3, 0.4) is 0 Å². The Morgan fingerprint density at radius 1 is 0.969 bits per heavy atom. The van der Waals surface area contributed by atoms with Gasteiger partial charge in [-0.2, -0.15) is 0 Å². The monoisotopic (exact) mass is 448 g/mol. The van der Waals surface area contributed by atoms with Crippen molar-refractivity contribution in [1.29, 1.82) is 0 Å². The van der Waals surface area contributed by atoms with Crippen LogP contribution in [0.4, 0.5) is 0 Å². The summed E-state index contributed by atoms with van der Waals surface area (Å²) in [6, 6.07) is 10.1. The molecule has 0 unspecified atom stereocenters. The molecular weight excluding hydrogens is 404 g/mol. The summed E-state index contributed by atoms with van der Waals surface area (Å²) < 4.78 is 16.4. The van der Waals surface area contributed by atoms with Crippen molar-refractivity contribution in [2.75, 3.05) is 13.7 Å². The fourth-order valence-corrected chi connectivity index (χ4v) is 3.55. The van der Waals surface area contributed by atoms with Gasteiger partial charge in [-0.15, -0.1) is 0 Å². The Labute approximate surface area is 195 Å². The number of hydrogen-bond donors (Lipinski definition) is 0. The normalized spacial score (nSPS) is 14.4. The maximum Gasteiger partial charge on any atom is 0.308 e. The van der Waals surface area contributed by atoms with Crippen molar-refractivity contribution in [1.82, 2.24) is 0 Å². The van der Waals surface area contributed by atoms with Crippen LogP contribution in [-0.4, -0.2) is 31.8 Å². The van der Waals surface area contributed by atoms with E-state index in [0.717, 1.165) is 38.5 Å². The lowest BCUT2D eigenvalue weighted by atomic mass is 9.82. The molecule has 0 spiro atoms. The number of carbonyl (C=O) groups excluding carboxylic acids is 2. The number of rotatable bonds is 15. The van der Waals surface area contributed by atoms with Crippen molar-refractivity contribution in [2.45, 2.75) is 92.3 Å². The van der Waals surface area contributed by atoms with E-state index in [0.29, 0.717) is 25.6 Å². The molecule has 0 amide bonds. The Bertz CT molecular complexity index is 650. The molecule has 0 N–H and O–H groups in total. The van der Waals surface area contributed by atoms with Crippen LogP contribution in [0.25, 0.3) is 0 Å². The fraction of sp³-hybridized carbons (Fsp3) is 0.704. The second kappa shape index (κ2) is 15.0. The summed E-state index contributed by atoms with van der Waals surface area (Å²) in [5, 5.41) is 0. The zero-order chi connectivity index (χ0) is 24.0. The molecule has 0 saturated carbocycles. The number of ether oxygens (including phenoxy) is 3. The van der Waals surface area contributed by atoms with Gasteiger partial charge in [-0.1, -0.05) is 77.8 Å². The average molecular weight is 449 g/mol. The molecule has 0 aromatic heterocycles. The lowest BCUT2D eigenvalue weighted by Gasteiger charge is -2.33. The average Bonchev–Trinajstić information content (AvgIpc) is 2.75. The third-order valence-corrected chi connectivity index (χ3v) is 5.84. The van der Waals surface area contributed by atoms with Gasteiger partial charge in [0.25, 0.3) is 0 Å². The largest absolute Gasteiger partial charge is 0.469 e. The third-order valence-electron chi connectivity index (χ3n) is 5.84. The first-order valence-corrected chi connectivity index (χ1v) is 12.0. The summed E-state index contributed by atoms with van der Waals surface area (Å²) in [6.07, 6.45) is 5.49. The van der Waals surface area contributed by atoms with Crippen LogP contribution in [0.5, 0.6) is 0 Å². The maximum absolute atomic E-state index is 12.7. The number of methoxy groups -OCH3 is 1. The van der Waals surface area contributed by atoms with E-state index in [2.05, 4.69) is 39.8 Å². The molecule has 0 aliphatic carbocycles. The van der Waals surface area contributed by atoms with Gasteiger partial charge >= 0.3 is 11.9 Å². The highest BCUT2D eigenvalue weighted by Crippen LogP contribution is 2.30. The van der Waals surface area contributed by atoms with Gasteiger partial charge in [0.2, 0.25) is 0 Å². The third kappa shape index (κ3) is 12.2. The summed E-state index contributed by atoms with van der Waals surface area (Å²) in [5.74, 6) is -0.0375. The van der Waals surface area contributed by atoms with Crippen molar-refractivity contribution in [3.8, 4) is 0 Å². The Kier molecular flexibility index (Phi) is 13.2. The highest BCUT2D eigenvalue weighted by atomic mass is 16.5. The Hall–Kier alpha value is -1.88. The lowest BCUT2D eigenvalue weighted by molar-refractivity contribution is -0.160. The minimum Gasteiger partial charge on any atom is -0.469 e. The lowest BCUT2D eigenvalue weighted by Crippen LogP contribution is -2.35. The molecule has 0 aliphatic rings. The van der Waals surface area contributed by atoms with E-state index in [9.17, 15) is 9.59 Å². The minimum absolute atomic E-state index is 0.114. The van der Waals surface area contributed by atoms with E-state index in [1.54, 1.807) is 0 Å². The van der Waals surface area contributed by atoms with Crippen molar-refractivity contribution >= 4 is 11.9 Å². The second-order valence-corrected chi connectivity index (χ2v) is 10.0. The summed E-state index contributed by atoms with van der Waals surface area (Å²) in [6.45, 7) is 11.8. The van der Waals surface area contributed by atoms with Gasteiger partial charge in [-0.05, 0) is 42.6 Å².